The van der Waals surface area contributed by atoms with Crippen LogP contribution in [0.15, 0.2) is 45.3 Å². The third-order valence-corrected chi connectivity index (χ3v) is 5.10. The first-order chi connectivity index (χ1) is 9.43. The molecular weight excluding hydrogens is 427 g/mol. The molecule has 2 aromatic rings. The van der Waals surface area contributed by atoms with Crippen molar-refractivity contribution >= 4 is 55.1 Å². The molecule has 2 aromatic carbocycles. The Labute approximate surface area is 144 Å². The molecule has 0 saturated heterocycles. The number of benzene rings is 2. The van der Waals surface area contributed by atoms with Crippen molar-refractivity contribution in [2.24, 2.45) is 11.5 Å². The van der Waals surface area contributed by atoms with Gasteiger partial charge < -0.3 is 11.5 Å². The van der Waals surface area contributed by atoms with E-state index < -0.39 is 12.1 Å². The fourth-order valence-corrected chi connectivity index (χ4v) is 4.11. The summed E-state index contributed by atoms with van der Waals surface area (Å²) < 4.78 is 1.66. The second-order valence-electron chi connectivity index (χ2n) is 4.32. The standard InChI is InChI=1S/C14H12Br2Cl2N2/c15-7-3-1-5-9(17)11(7)13(19)14(20)12-8(16)4-2-6-10(12)18/h1-6,13-14H,19-20H2. The van der Waals surface area contributed by atoms with Crippen LogP contribution >= 0.6 is 55.1 Å². The van der Waals surface area contributed by atoms with E-state index in [0.29, 0.717) is 10.0 Å². The molecule has 2 nitrogen and oxygen atoms in total. The molecule has 0 amide bonds. The molecule has 2 rings (SSSR count). The topological polar surface area (TPSA) is 52.0 Å². The molecular formula is C14H12Br2Cl2N2. The van der Waals surface area contributed by atoms with Gasteiger partial charge in [0.15, 0.2) is 0 Å². The summed E-state index contributed by atoms with van der Waals surface area (Å²) in [5, 5.41) is 1.15. The lowest BCUT2D eigenvalue weighted by atomic mass is 9.95. The van der Waals surface area contributed by atoms with Crippen LogP contribution in [0.5, 0.6) is 0 Å². The molecule has 0 aliphatic carbocycles. The normalized spacial score (nSPS) is 14.1. The van der Waals surface area contributed by atoms with Crippen LogP contribution in [0.2, 0.25) is 10.0 Å². The van der Waals surface area contributed by atoms with Gasteiger partial charge in [0.25, 0.3) is 0 Å². The summed E-state index contributed by atoms with van der Waals surface area (Å²) >= 11 is 19.4. The highest BCUT2D eigenvalue weighted by molar-refractivity contribution is 9.10. The largest absolute Gasteiger partial charge is 0.322 e. The van der Waals surface area contributed by atoms with Crippen LogP contribution in [0, 0.1) is 0 Å². The Balaban J connectivity index is 2.46. The zero-order valence-corrected chi connectivity index (χ0v) is 15.0. The van der Waals surface area contributed by atoms with Gasteiger partial charge in [-0.2, -0.15) is 0 Å². The minimum Gasteiger partial charge on any atom is -0.322 e. The molecule has 0 heterocycles. The first-order valence-corrected chi connectivity index (χ1v) is 8.16. The monoisotopic (exact) mass is 436 g/mol. The van der Waals surface area contributed by atoms with Gasteiger partial charge in [-0.15, -0.1) is 0 Å². The molecule has 0 spiro atoms. The molecule has 0 aliphatic heterocycles. The SMILES string of the molecule is NC(c1c(Cl)cccc1Br)C(N)c1c(Cl)cccc1Br. The summed E-state index contributed by atoms with van der Waals surface area (Å²) in [4.78, 5) is 0. The highest BCUT2D eigenvalue weighted by Gasteiger charge is 2.25. The number of hydrogen-bond acceptors (Lipinski definition) is 2. The van der Waals surface area contributed by atoms with E-state index in [4.69, 9.17) is 34.7 Å². The lowest BCUT2D eigenvalue weighted by Gasteiger charge is -2.24. The second-order valence-corrected chi connectivity index (χ2v) is 6.85. The van der Waals surface area contributed by atoms with Crippen LogP contribution in [0.1, 0.15) is 23.2 Å². The Morgan fingerprint density at radius 3 is 1.40 bits per heavy atom. The van der Waals surface area contributed by atoms with E-state index in [9.17, 15) is 0 Å². The maximum atomic E-state index is 6.29. The zero-order chi connectivity index (χ0) is 14.9. The van der Waals surface area contributed by atoms with Crippen LogP contribution in [-0.2, 0) is 0 Å². The quantitative estimate of drug-likeness (QED) is 0.690. The van der Waals surface area contributed by atoms with Gasteiger partial charge in [-0.25, -0.2) is 0 Å². The van der Waals surface area contributed by atoms with Gasteiger partial charge in [0, 0.05) is 30.1 Å². The highest BCUT2D eigenvalue weighted by Crippen LogP contribution is 2.39. The second kappa shape index (κ2) is 6.77. The molecule has 0 radical (unpaired) electrons. The summed E-state index contributed by atoms with van der Waals surface area (Å²) in [6.45, 7) is 0. The van der Waals surface area contributed by atoms with Crippen molar-refractivity contribution in [2.75, 3.05) is 0 Å². The van der Waals surface area contributed by atoms with E-state index in [1.807, 2.05) is 24.3 Å². The fraction of sp³-hybridized carbons (Fsp3) is 0.143. The van der Waals surface area contributed by atoms with Crippen LogP contribution in [-0.4, -0.2) is 0 Å². The van der Waals surface area contributed by atoms with Crippen molar-refractivity contribution < 1.29 is 0 Å². The summed E-state index contributed by atoms with van der Waals surface area (Å²) in [6, 6.07) is 10.1. The van der Waals surface area contributed by atoms with Gasteiger partial charge in [-0.3, -0.25) is 0 Å². The lowest BCUT2D eigenvalue weighted by Crippen LogP contribution is -2.27. The van der Waals surface area contributed by atoms with Gasteiger partial charge in [0.2, 0.25) is 0 Å². The Morgan fingerprint density at radius 1 is 0.750 bits per heavy atom. The van der Waals surface area contributed by atoms with Crippen molar-refractivity contribution in [1.29, 1.82) is 0 Å². The smallest absolute Gasteiger partial charge is 0.0518 e. The van der Waals surface area contributed by atoms with Crippen LogP contribution in [0.25, 0.3) is 0 Å². The summed E-state index contributed by atoms with van der Waals surface area (Å²) in [5.41, 5.74) is 14.1. The Hall–Kier alpha value is -0.100. The van der Waals surface area contributed by atoms with E-state index in [2.05, 4.69) is 31.9 Å². The molecule has 0 aliphatic rings. The van der Waals surface area contributed by atoms with Crippen molar-refractivity contribution in [3.63, 3.8) is 0 Å². The maximum absolute atomic E-state index is 6.29. The molecule has 2 atom stereocenters. The number of hydrogen-bond donors (Lipinski definition) is 2. The van der Waals surface area contributed by atoms with Crippen molar-refractivity contribution in [1.82, 2.24) is 0 Å². The van der Waals surface area contributed by atoms with Crippen molar-refractivity contribution in [3.8, 4) is 0 Å². The maximum Gasteiger partial charge on any atom is 0.0518 e. The highest BCUT2D eigenvalue weighted by atomic mass is 79.9. The Kier molecular flexibility index (Phi) is 5.51. The molecule has 2 unspecified atom stereocenters. The minimum absolute atomic E-state index is 0.478. The summed E-state index contributed by atoms with van der Waals surface area (Å²) in [6.07, 6.45) is 0. The predicted molar refractivity (Wildman–Crippen MR) is 92.2 cm³/mol. The Bertz CT molecular complexity index is 539. The molecule has 20 heavy (non-hydrogen) atoms. The average molecular weight is 439 g/mol. The van der Waals surface area contributed by atoms with Crippen molar-refractivity contribution in [3.05, 3.63) is 66.5 Å². The molecule has 0 saturated carbocycles. The third-order valence-electron chi connectivity index (χ3n) is 3.05. The molecule has 0 aromatic heterocycles. The van der Waals surface area contributed by atoms with Gasteiger partial charge >= 0.3 is 0 Å². The number of rotatable bonds is 3. The van der Waals surface area contributed by atoms with E-state index in [1.165, 1.54) is 0 Å². The first kappa shape index (κ1) is 16.3. The molecule has 0 fully saturated rings. The molecule has 0 bridgehead atoms. The first-order valence-electron chi connectivity index (χ1n) is 5.82. The van der Waals surface area contributed by atoms with E-state index in [-0.39, 0.29) is 0 Å². The minimum atomic E-state index is -0.478. The van der Waals surface area contributed by atoms with Crippen molar-refractivity contribution in [2.45, 2.75) is 12.1 Å². The van der Waals surface area contributed by atoms with Gasteiger partial charge in [0.1, 0.15) is 0 Å². The van der Waals surface area contributed by atoms with Crippen LogP contribution < -0.4 is 11.5 Å². The van der Waals surface area contributed by atoms with Crippen LogP contribution in [0.4, 0.5) is 0 Å². The third kappa shape index (κ3) is 3.21. The fourth-order valence-electron chi connectivity index (χ4n) is 2.02. The number of halogens is 4. The molecule has 4 N–H and O–H groups in total. The lowest BCUT2D eigenvalue weighted by molar-refractivity contribution is 0.571. The van der Waals surface area contributed by atoms with E-state index in [0.717, 1.165) is 20.1 Å². The summed E-state index contributed by atoms with van der Waals surface area (Å²) in [7, 11) is 0. The van der Waals surface area contributed by atoms with Gasteiger partial charge in [-0.05, 0) is 24.3 Å². The molecule has 106 valence electrons. The van der Waals surface area contributed by atoms with E-state index >= 15 is 0 Å². The zero-order valence-electron chi connectivity index (χ0n) is 10.3. The average Bonchev–Trinajstić information content (AvgIpc) is 2.37. The Morgan fingerprint density at radius 2 is 1.10 bits per heavy atom. The van der Waals surface area contributed by atoms with Gasteiger partial charge in [-0.1, -0.05) is 67.2 Å². The van der Waals surface area contributed by atoms with Crippen LogP contribution in [0.3, 0.4) is 0 Å². The number of nitrogens with two attached hydrogens (primary N) is 2. The van der Waals surface area contributed by atoms with E-state index in [1.54, 1.807) is 12.1 Å². The summed E-state index contributed by atoms with van der Waals surface area (Å²) in [5.74, 6) is 0. The van der Waals surface area contributed by atoms with Gasteiger partial charge in [0.05, 0.1) is 12.1 Å². The predicted octanol–water partition coefficient (Wildman–Crippen LogP) is 5.22. The molecule has 6 heteroatoms.